The molecule has 0 radical (unpaired) electrons. The Morgan fingerprint density at radius 3 is 2.55 bits per heavy atom. The molecule has 0 saturated carbocycles. The van der Waals surface area contributed by atoms with Gasteiger partial charge in [0.25, 0.3) is 0 Å². The SMILES string of the molecule is Cc1nc(N[C@@H](C)c2cccc(-c3ccc(N4CCOCC4)nc3)c2)cc(-c2ccc3occ(C)c3c2)n1. The van der Waals surface area contributed by atoms with Gasteiger partial charge in [-0.25, -0.2) is 15.0 Å². The maximum absolute atomic E-state index is 5.61. The molecular weight excluding hydrogens is 474 g/mol. The molecule has 5 aromatic rings. The smallest absolute Gasteiger partial charge is 0.134 e. The lowest BCUT2D eigenvalue weighted by Crippen LogP contribution is -2.36. The molecular formula is C31H31N5O2. The summed E-state index contributed by atoms with van der Waals surface area (Å²) in [7, 11) is 0. The predicted molar refractivity (Wildman–Crippen MR) is 151 cm³/mol. The summed E-state index contributed by atoms with van der Waals surface area (Å²) in [5.74, 6) is 2.52. The van der Waals surface area contributed by atoms with Crippen LogP contribution in [0.1, 0.15) is 29.9 Å². The molecule has 1 aliphatic rings. The summed E-state index contributed by atoms with van der Waals surface area (Å²) in [4.78, 5) is 16.4. The molecule has 7 heteroatoms. The molecule has 4 heterocycles. The van der Waals surface area contributed by atoms with Crippen molar-refractivity contribution < 1.29 is 9.15 Å². The fourth-order valence-corrected chi connectivity index (χ4v) is 4.93. The number of rotatable bonds is 6. The van der Waals surface area contributed by atoms with Gasteiger partial charge in [-0.05, 0) is 73.9 Å². The van der Waals surface area contributed by atoms with Crippen LogP contribution in [0.15, 0.2) is 77.5 Å². The summed E-state index contributed by atoms with van der Waals surface area (Å²) in [6.07, 6.45) is 3.75. The average Bonchev–Trinajstić information content (AvgIpc) is 3.33. The molecule has 1 N–H and O–H groups in total. The number of benzene rings is 2. The van der Waals surface area contributed by atoms with Gasteiger partial charge in [0.1, 0.15) is 23.0 Å². The molecule has 2 aromatic carbocycles. The molecule has 0 spiro atoms. The van der Waals surface area contributed by atoms with Crippen molar-refractivity contribution in [3.05, 3.63) is 90.1 Å². The minimum absolute atomic E-state index is 0.0521. The third-order valence-electron chi connectivity index (χ3n) is 7.07. The number of nitrogens with zero attached hydrogens (tertiary/aromatic N) is 4. The van der Waals surface area contributed by atoms with Crippen molar-refractivity contribution in [2.75, 3.05) is 36.5 Å². The topological polar surface area (TPSA) is 76.3 Å². The van der Waals surface area contributed by atoms with Crippen molar-refractivity contribution in [1.29, 1.82) is 0 Å². The Morgan fingerprint density at radius 2 is 1.74 bits per heavy atom. The third kappa shape index (κ3) is 4.97. The first kappa shape index (κ1) is 24.1. The van der Waals surface area contributed by atoms with Crippen LogP contribution in [-0.2, 0) is 4.74 Å². The molecule has 0 unspecified atom stereocenters. The lowest BCUT2D eigenvalue weighted by Gasteiger charge is -2.27. The quantitative estimate of drug-likeness (QED) is 0.279. The number of aromatic nitrogens is 3. The van der Waals surface area contributed by atoms with Gasteiger partial charge in [-0.1, -0.05) is 18.2 Å². The number of hydrogen-bond acceptors (Lipinski definition) is 7. The highest BCUT2D eigenvalue weighted by Gasteiger charge is 2.14. The molecule has 1 aliphatic heterocycles. The molecule has 0 aliphatic carbocycles. The number of fused-ring (bicyclic) bond motifs is 1. The van der Waals surface area contributed by atoms with E-state index in [-0.39, 0.29) is 6.04 Å². The van der Waals surface area contributed by atoms with E-state index in [0.717, 1.165) is 82.7 Å². The van der Waals surface area contributed by atoms with E-state index in [1.807, 2.05) is 31.3 Å². The Morgan fingerprint density at radius 1 is 0.895 bits per heavy atom. The molecule has 38 heavy (non-hydrogen) atoms. The zero-order valence-corrected chi connectivity index (χ0v) is 21.9. The van der Waals surface area contributed by atoms with E-state index in [1.54, 1.807) is 6.26 Å². The monoisotopic (exact) mass is 505 g/mol. The normalized spacial score (nSPS) is 14.6. The first-order valence-corrected chi connectivity index (χ1v) is 13.0. The number of morpholine rings is 1. The van der Waals surface area contributed by atoms with E-state index in [9.17, 15) is 0 Å². The van der Waals surface area contributed by atoms with Crippen molar-refractivity contribution >= 4 is 22.6 Å². The van der Waals surface area contributed by atoms with Crippen LogP contribution in [0.5, 0.6) is 0 Å². The number of nitrogens with one attached hydrogen (secondary N) is 1. The lowest BCUT2D eigenvalue weighted by molar-refractivity contribution is 0.122. The van der Waals surface area contributed by atoms with Crippen molar-refractivity contribution in [3.8, 4) is 22.4 Å². The van der Waals surface area contributed by atoms with E-state index < -0.39 is 0 Å². The summed E-state index contributed by atoms with van der Waals surface area (Å²) in [6.45, 7) is 9.40. The van der Waals surface area contributed by atoms with Gasteiger partial charge in [-0.2, -0.15) is 0 Å². The van der Waals surface area contributed by atoms with Crippen LogP contribution >= 0.6 is 0 Å². The molecule has 0 bridgehead atoms. The fourth-order valence-electron chi connectivity index (χ4n) is 4.93. The molecule has 6 rings (SSSR count). The second kappa shape index (κ2) is 10.3. The van der Waals surface area contributed by atoms with Gasteiger partial charge in [0.15, 0.2) is 0 Å². The summed E-state index contributed by atoms with van der Waals surface area (Å²) >= 11 is 0. The summed E-state index contributed by atoms with van der Waals surface area (Å²) in [6, 6.07) is 21.1. The second-order valence-corrected chi connectivity index (χ2v) is 9.81. The van der Waals surface area contributed by atoms with E-state index in [1.165, 1.54) is 5.56 Å². The van der Waals surface area contributed by atoms with Crippen LogP contribution in [0, 0.1) is 13.8 Å². The van der Waals surface area contributed by atoms with Crippen molar-refractivity contribution in [1.82, 2.24) is 15.0 Å². The van der Waals surface area contributed by atoms with Gasteiger partial charge in [0, 0.05) is 47.9 Å². The van der Waals surface area contributed by atoms with Crippen LogP contribution in [-0.4, -0.2) is 41.3 Å². The van der Waals surface area contributed by atoms with Crippen LogP contribution in [0.25, 0.3) is 33.4 Å². The average molecular weight is 506 g/mol. The Balaban J connectivity index is 1.21. The maximum atomic E-state index is 5.61. The first-order chi connectivity index (χ1) is 18.5. The van der Waals surface area contributed by atoms with Crippen molar-refractivity contribution in [3.63, 3.8) is 0 Å². The fraction of sp³-hybridized carbons (Fsp3) is 0.258. The van der Waals surface area contributed by atoms with Gasteiger partial charge in [-0.3, -0.25) is 0 Å². The predicted octanol–water partition coefficient (Wildman–Crippen LogP) is 6.58. The van der Waals surface area contributed by atoms with E-state index in [4.69, 9.17) is 19.1 Å². The molecule has 192 valence electrons. The first-order valence-electron chi connectivity index (χ1n) is 13.0. The second-order valence-electron chi connectivity index (χ2n) is 9.81. The third-order valence-corrected chi connectivity index (χ3v) is 7.07. The number of pyridine rings is 1. The van der Waals surface area contributed by atoms with Gasteiger partial charge >= 0.3 is 0 Å². The molecule has 0 amide bonds. The molecule has 1 saturated heterocycles. The van der Waals surface area contributed by atoms with Crippen LogP contribution in [0.3, 0.4) is 0 Å². The Bertz CT molecular complexity index is 1570. The van der Waals surface area contributed by atoms with Crippen LogP contribution in [0.4, 0.5) is 11.6 Å². The zero-order chi connectivity index (χ0) is 26.1. The van der Waals surface area contributed by atoms with E-state index >= 15 is 0 Å². The number of ether oxygens (including phenoxy) is 1. The van der Waals surface area contributed by atoms with Crippen LogP contribution in [0.2, 0.25) is 0 Å². The minimum Gasteiger partial charge on any atom is -0.464 e. The highest BCUT2D eigenvalue weighted by Crippen LogP contribution is 2.30. The zero-order valence-electron chi connectivity index (χ0n) is 21.9. The summed E-state index contributed by atoms with van der Waals surface area (Å²) < 4.78 is 11.1. The van der Waals surface area contributed by atoms with E-state index in [2.05, 4.69) is 71.5 Å². The van der Waals surface area contributed by atoms with Crippen LogP contribution < -0.4 is 10.2 Å². The van der Waals surface area contributed by atoms with Gasteiger partial charge in [-0.15, -0.1) is 0 Å². The minimum atomic E-state index is 0.0521. The molecule has 1 fully saturated rings. The van der Waals surface area contributed by atoms with Crippen molar-refractivity contribution in [2.24, 2.45) is 0 Å². The largest absolute Gasteiger partial charge is 0.464 e. The molecule has 7 nitrogen and oxygen atoms in total. The Hall–Kier alpha value is -4.23. The molecule has 3 aromatic heterocycles. The maximum Gasteiger partial charge on any atom is 0.134 e. The Labute approximate surface area is 222 Å². The number of aryl methyl sites for hydroxylation is 2. The van der Waals surface area contributed by atoms with Crippen molar-refractivity contribution in [2.45, 2.75) is 26.8 Å². The summed E-state index contributed by atoms with van der Waals surface area (Å²) in [5.41, 5.74) is 7.34. The number of anilines is 2. The molecule has 1 atom stereocenters. The highest BCUT2D eigenvalue weighted by atomic mass is 16.5. The lowest BCUT2D eigenvalue weighted by atomic mass is 10.0. The number of furan rings is 1. The highest BCUT2D eigenvalue weighted by molar-refractivity contribution is 5.85. The summed E-state index contributed by atoms with van der Waals surface area (Å²) in [5, 5.41) is 4.68. The van der Waals surface area contributed by atoms with Gasteiger partial charge < -0.3 is 19.4 Å². The van der Waals surface area contributed by atoms with Gasteiger partial charge in [0.2, 0.25) is 0 Å². The standard InChI is InChI=1S/C31H31N5O2/c1-20-19-38-29-9-7-25(16-27(20)29)28-17-30(35-22(3)34-28)33-21(2)23-5-4-6-24(15-23)26-8-10-31(32-18-26)36-11-13-37-14-12-36/h4-10,15-19,21H,11-14H2,1-3H3,(H,33,34,35)/t21-/m0/s1. The van der Waals surface area contributed by atoms with Gasteiger partial charge in [0.05, 0.1) is 25.2 Å². The number of hydrogen-bond donors (Lipinski definition) is 1. The Kier molecular flexibility index (Phi) is 6.52. The van der Waals surface area contributed by atoms with E-state index in [0.29, 0.717) is 0 Å².